The maximum absolute atomic E-state index is 5.44. The number of rotatable bonds is 2. The van der Waals surface area contributed by atoms with Gasteiger partial charge in [-0.15, -0.1) is 0 Å². The van der Waals surface area contributed by atoms with Crippen LogP contribution in [0.3, 0.4) is 0 Å². The van der Waals surface area contributed by atoms with E-state index in [0.29, 0.717) is 12.1 Å². The fourth-order valence-electron chi connectivity index (χ4n) is 2.04. The summed E-state index contributed by atoms with van der Waals surface area (Å²) in [4.78, 5) is 3.96. The molecule has 4 nitrogen and oxygen atoms in total. The normalized spacial score (nSPS) is 29.0. The van der Waals surface area contributed by atoms with E-state index in [1.54, 1.807) is 19.8 Å². The second-order valence-corrected chi connectivity index (χ2v) is 3.50. The molecular weight excluding hydrogens is 166 g/mol. The molecule has 1 aliphatic rings. The Bertz CT molecular complexity index is 247. The minimum absolute atomic E-state index is 0.315. The van der Waals surface area contributed by atoms with Gasteiger partial charge in [0.05, 0.1) is 12.1 Å². The lowest BCUT2D eigenvalue weighted by Gasteiger charge is -2.29. The zero-order valence-electron chi connectivity index (χ0n) is 7.89. The molecule has 1 saturated carbocycles. The number of methoxy groups -OCH3 is 1. The minimum atomic E-state index is 0.315. The summed E-state index contributed by atoms with van der Waals surface area (Å²) < 4.78 is 7.36. The highest BCUT2D eigenvalue weighted by molar-refractivity contribution is 4.80. The van der Waals surface area contributed by atoms with Crippen molar-refractivity contribution in [3.05, 3.63) is 12.7 Å². The molecule has 1 heterocycles. The number of ether oxygens (including phenoxy) is 1. The predicted octanol–water partition coefficient (Wildman–Crippen LogP) is 1.41. The van der Waals surface area contributed by atoms with Gasteiger partial charge in [-0.2, -0.15) is 5.10 Å². The van der Waals surface area contributed by atoms with Crippen LogP contribution in [0.2, 0.25) is 0 Å². The van der Waals surface area contributed by atoms with Crippen molar-refractivity contribution >= 4 is 0 Å². The standard InChI is InChI=1S/C9H15N3O/c1-13-9-5-3-2-4-8(9)12-7-10-6-11-12/h6-9H,2-5H2,1H3. The Balaban J connectivity index is 2.11. The van der Waals surface area contributed by atoms with E-state index in [-0.39, 0.29) is 0 Å². The van der Waals surface area contributed by atoms with E-state index >= 15 is 0 Å². The van der Waals surface area contributed by atoms with Crippen LogP contribution in [-0.4, -0.2) is 28.0 Å². The molecule has 4 heteroatoms. The van der Waals surface area contributed by atoms with E-state index in [1.165, 1.54) is 12.8 Å². The van der Waals surface area contributed by atoms with Crippen molar-refractivity contribution in [1.29, 1.82) is 0 Å². The van der Waals surface area contributed by atoms with Crippen molar-refractivity contribution in [1.82, 2.24) is 14.8 Å². The fraction of sp³-hybridized carbons (Fsp3) is 0.778. The van der Waals surface area contributed by atoms with Gasteiger partial charge in [0.15, 0.2) is 0 Å². The molecule has 0 radical (unpaired) electrons. The topological polar surface area (TPSA) is 39.9 Å². The molecule has 2 unspecified atom stereocenters. The van der Waals surface area contributed by atoms with E-state index in [9.17, 15) is 0 Å². The van der Waals surface area contributed by atoms with Crippen LogP contribution in [-0.2, 0) is 4.74 Å². The molecule has 0 bridgehead atoms. The first-order chi connectivity index (χ1) is 6.42. The summed E-state index contributed by atoms with van der Waals surface area (Å²) in [5.41, 5.74) is 0. The van der Waals surface area contributed by atoms with E-state index in [0.717, 1.165) is 12.8 Å². The van der Waals surface area contributed by atoms with Crippen molar-refractivity contribution < 1.29 is 4.74 Å². The van der Waals surface area contributed by atoms with Crippen LogP contribution in [0.1, 0.15) is 31.7 Å². The van der Waals surface area contributed by atoms with Crippen molar-refractivity contribution in [3.63, 3.8) is 0 Å². The van der Waals surface area contributed by atoms with Gasteiger partial charge in [0.2, 0.25) is 0 Å². The summed E-state index contributed by atoms with van der Waals surface area (Å²) in [5.74, 6) is 0. The number of hydrogen-bond donors (Lipinski definition) is 0. The fourth-order valence-corrected chi connectivity index (χ4v) is 2.04. The van der Waals surface area contributed by atoms with Gasteiger partial charge >= 0.3 is 0 Å². The highest BCUT2D eigenvalue weighted by Gasteiger charge is 2.26. The third-order valence-electron chi connectivity index (χ3n) is 2.75. The third-order valence-corrected chi connectivity index (χ3v) is 2.75. The van der Waals surface area contributed by atoms with Crippen LogP contribution < -0.4 is 0 Å². The molecule has 1 aliphatic carbocycles. The lowest BCUT2D eigenvalue weighted by molar-refractivity contribution is 0.0244. The van der Waals surface area contributed by atoms with Crippen molar-refractivity contribution in [2.75, 3.05) is 7.11 Å². The second-order valence-electron chi connectivity index (χ2n) is 3.50. The van der Waals surface area contributed by atoms with Gasteiger partial charge in [-0.3, -0.25) is 0 Å². The van der Waals surface area contributed by atoms with Crippen LogP contribution in [0, 0.1) is 0 Å². The molecule has 0 spiro atoms. The first kappa shape index (κ1) is 8.69. The average Bonchev–Trinajstić information content (AvgIpc) is 2.70. The number of hydrogen-bond acceptors (Lipinski definition) is 3. The van der Waals surface area contributed by atoms with Gasteiger partial charge < -0.3 is 4.74 Å². The molecule has 72 valence electrons. The SMILES string of the molecule is COC1CCCCC1n1cncn1. The maximum atomic E-state index is 5.44. The summed E-state index contributed by atoms with van der Waals surface area (Å²) in [6, 6.07) is 0.390. The molecule has 0 N–H and O–H groups in total. The highest BCUT2D eigenvalue weighted by Crippen LogP contribution is 2.29. The Hall–Kier alpha value is -0.900. The number of aromatic nitrogens is 3. The van der Waals surface area contributed by atoms with Crippen LogP contribution in [0.15, 0.2) is 12.7 Å². The average molecular weight is 181 g/mol. The Morgan fingerprint density at radius 2 is 2.23 bits per heavy atom. The van der Waals surface area contributed by atoms with E-state index < -0.39 is 0 Å². The van der Waals surface area contributed by atoms with Crippen LogP contribution in [0.4, 0.5) is 0 Å². The van der Waals surface area contributed by atoms with Gasteiger partial charge in [-0.1, -0.05) is 12.8 Å². The summed E-state index contributed by atoms with van der Waals surface area (Å²) in [6.45, 7) is 0. The third kappa shape index (κ3) is 1.72. The molecule has 1 aromatic heterocycles. The van der Waals surface area contributed by atoms with Gasteiger partial charge in [0.1, 0.15) is 12.7 Å². The lowest BCUT2D eigenvalue weighted by Crippen LogP contribution is -2.29. The van der Waals surface area contributed by atoms with Gasteiger partial charge in [-0.05, 0) is 12.8 Å². The van der Waals surface area contributed by atoms with Crippen LogP contribution in [0.5, 0.6) is 0 Å². The summed E-state index contributed by atoms with van der Waals surface area (Å²) in [6.07, 6.45) is 8.51. The summed E-state index contributed by atoms with van der Waals surface area (Å²) >= 11 is 0. The lowest BCUT2D eigenvalue weighted by atomic mass is 9.92. The number of nitrogens with zero attached hydrogens (tertiary/aromatic N) is 3. The Morgan fingerprint density at radius 3 is 2.92 bits per heavy atom. The molecule has 13 heavy (non-hydrogen) atoms. The van der Waals surface area contributed by atoms with Gasteiger partial charge in [-0.25, -0.2) is 9.67 Å². The molecule has 2 rings (SSSR count). The van der Waals surface area contributed by atoms with Crippen molar-refractivity contribution in [2.45, 2.75) is 37.8 Å². The van der Waals surface area contributed by atoms with E-state index in [4.69, 9.17) is 4.74 Å². The van der Waals surface area contributed by atoms with E-state index in [1.807, 2.05) is 4.68 Å². The Morgan fingerprint density at radius 1 is 1.38 bits per heavy atom. The highest BCUT2D eigenvalue weighted by atomic mass is 16.5. The first-order valence-corrected chi connectivity index (χ1v) is 4.78. The second kappa shape index (κ2) is 3.87. The zero-order valence-corrected chi connectivity index (χ0v) is 7.89. The molecule has 1 aromatic rings. The van der Waals surface area contributed by atoms with Crippen molar-refractivity contribution in [3.8, 4) is 0 Å². The maximum Gasteiger partial charge on any atom is 0.137 e. The molecule has 0 amide bonds. The quantitative estimate of drug-likeness (QED) is 0.692. The molecular formula is C9H15N3O. The van der Waals surface area contributed by atoms with Crippen LogP contribution in [0.25, 0.3) is 0 Å². The van der Waals surface area contributed by atoms with Crippen LogP contribution >= 0.6 is 0 Å². The first-order valence-electron chi connectivity index (χ1n) is 4.78. The van der Waals surface area contributed by atoms with E-state index in [2.05, 4.69) is 10.1 Å². The van der Waals surface area contributed by atoms with Gasteiger partial charge in [0, 0.05) is 7.11 Å². The monoisotopic (exact) mass is 181 g/mol. The van der Waals surface area contributed by atoms with Gasteiger partial charge in [0.25, 0.3) is 0 Å². The minimum Gasteiger partial charge on any atom is -0.379 e. The summed E-state index contributed by atoms with van der Waals surface area (Å²) in [5, 5.41) is 4.16. The molecule has 1 fully saturated rings. The largest absolute Gasteiger partial charge is 0.379 e. The van der Waals surface area contributed by atoms with Crippen molar-refractivity contribution in [2.24, 2.45) is 0 Å². The Labute approximate surface area is 77.9 Å². The Kier molecular flexibility index (Phi) is 2.59. The molecule has 2 atom stereocenters. The molecule has 0 aliphatic heterocycles. The zero-order chi connectivity index (χ0) is 9.10. The summed E-state index contributed by atoms with van der Waals surface area (Å²) in [7, 11) is 1.78. The molecule has 0 saturated heterocycles. The molecule has 0 aromatic carbocycles. The predicted molar refractivity (Wildman–Crippen MR) is 48.3 cm³/mol. The smallest absolute Gasteiger partial charge is 0.137 e.